The van der Waals surface area contributed by atoms with Crippen molar-refractivity contribution in [3.8, 4) is 34.5 Å². The monoisotopic (exact) mass is 428 g/mol. The third-order valence-corrected chi connectivity index (χ3v) is 4.34. The van der Waals surface area contributed by atoms with E-state index >= 15 is 0 Å². The highest BCUT2D eigenvalue weighted by Gasteiger charge is 2.30. The topological polar surface area (TPSA) is 18.5 Å². The SMILES string of the molecule is CCCCOc1ccc(-c2ccc(C#Cc3ccc(OC(F)(F)F)cc3)cc2F)cc1. The second kappa shape index (κ2) is 10.0. The summed E-state index contributed by atoms with van der Waals surface area (Å²) >= 11 is 0. The summed E-state index contributed by atoms with van der Waals surface area (Å²) in [7, 11) is 0. The van der Waals surface area contributed by atoms with Crippen LogP contribution in [-0.4, -0.2) is 13.0 Å². The number of rotatable bonds is 6. The standard InChI is InChI=1S/C25H20F4O2/c1-2-3-16-30-21-13-9-20(10-14-21)23-15-8-19(17-24(23)26)5-4-18-6-11-22(12-7-18)31-25(27,28)29/h6-15,17H,2-3,16H2,1H3. The molecule has 31 heavy (non-hydrogen) atoms. The first kappa shape index (κ1) is 22.2. The molecule has 0 aliphatic heterocycles. The lowest BCUT2D eigenvalue weighted by Crippen LogP contribution is -2.16. The van der Waals surface area contributed by atoms with Crippen molar-refractivity contribution in [1.29, 1.82) is 0 Å². The van der Waals surface area contributed by atoms with Gasteiger partial charge < -0.3 is 9.47 Å². The summed E-state index contributed by atoms with van der Waals surface area (Å²) in [6, 6.07) is 17.1. The van der Waals surface area contributed by atoms with Gasteiger partial charge in [-0.05, 0) is 60.5 Å². The highest BCUT2D eigenvalue weighted by Crippen LogP contribution is 2.26. The van der Waals surface area contributed by atoms with Crippen LogP contribution >= 0.6 is 0 Å². The molecule has 0 aliphatic carbocycles. The van der Waals surface area contributed by atoms with Gasteiger partial charge in [-0.25, -0.2) is 4.39 Å². The second-order valence-corrected chi connectivity index (χ2v) is 6.74. The Labute approximate surface area is 178 Å². The van der Waals surface area contributed by atoms with Crippen LogP contribution in [-0.2, 0) is 0 Å². The highest BCUT2D eigenvalue weighted by molar-refractivity contribution is 5.66. The lowest BCUT2D eigenvalue weighted by atomic mass is 10.0. The zero-order valence-electron chi connectivity index (χ0n) is 16.8. The smallest absolute Gasteiger partial charge is 0.494 e. The summed E-state index contributed by atoms with van der Waals surface area (Å²) in [5, 5.41) is 0. The highest BCUT2D eigenvalue weighted by atomic mass is 19.4. The number of hydrogen-bond donors (Lipinski definition) is 0. The maximum absolute atomic E-state index is 14.6. The predicted octanol–water partition coefficient (Wildman–Crippen LogP) is 6.97. The van der Waals surface area contributed by atoms with E-state index in [0.29, 0.717) is 23.3 Å². The number of benzene rings is 3. The van der Waals surface area contributed by atoms with Gasteiger partial charge in [0.2, 0.25) is 0 Å². The average Bonchev–Trinajstić information content (AvgIpc) is 2.73. The van der Waals surface area contributed by atoms with Crippen LogP contribution in [0.3, 0.4) is 0 Å². The Hall–Kier alpha value is -3.46. The molecule has 0 saturated heterocycles. The van der Waals surface area contributed by atoms with Crippen LogP contribution in [0.1, 0.15) is 30.9 Å². The molecule has 3 rings (SSSR count). The Bertz CT molecular complexity index is 1060. The van der Waals surface area contributed by atoms with Crippen molar-refractivity contribution in [2.24, 2.45) is 0 Å². The Morgan fingerprint density at radius 3 is 2.03 bits per heavy atom. The van der Waals surface area contributed by atoms with Crippen molar-refractivity contribution in [3.63, 3.8) is 0 Å². The number of ether oxygens (including phenoxy) is 2. The normalized spacial score (nSPS) is 10.9. The first-order chi connectivity index (χ1) is 14.8. The third-order valence-electron chi connectivity index (χ3n) is 4.34. The van der Waals surface area contributed by atoms with Crippen molar-refractivity contribution >= 4 is 0 Å². The molecule has 0 aromatic heterocycles. The predicted molar refractivity (Wildman–Crippen MR) is 111 cm³/mol. The van der Waals surface area contributed by atoms with Crippen LogP contribution in [0.15, 0.2) is 66.7 Å². The molecule has 0 unspecified atom stereocenters. The van der Waals surface area contributed by atoms with E-state index in [-0.39, 0.29) is 5.75 Å². The van der Waals surface area contributed by atoms with Crippen LogP contribution in [0.4, 0.5) is 17.6 Å². The summed E-state index contributed by atoms with van der Waals surface area (Å²) in [6.07, 6.45) is -2.71. The van der Waals surface area contributed by atoms with E-state index in [2.05, 4.69) is 23.5 Å². The molecule has 0 fully saturated rings. The summed E-state index contributed by atoms with van der Waals surface area (Å²) < 4.78 is 60.6. The van der Waals surface area contributed by atoms with Gasteiger partial charge in [-0.15, -0.1) is 13.2 Å². The zero-order chi connectivity index (χ0) is 22.3. The second-order valence-electron chi connectivity index (χ2n) is 6.74. The van der Waals surface area contributed by atoms with E-state index < -0.39 is 12.2 Å². The number of unbranched alkanes of at least 4 members (excludes halogenated alkanes) is 1. The van der Waals surface area contributed by atoms with Crippen molar-refractivity contribution in [2.75, 3.05) is 6.61 Å². The van der Waals surface area contributed by atoms with Crippen LogP contribution in [0, 0.1) is 17.7 Å². The Morgan fingerprint density at radius 1 is 0.806 bits per heavy atom. The minimum Gasteiger partial charge on any atom is -0.494 e. The van der Waals surface area contributed by atoms with Crippen molar-refractivity contribution in [2.45, 2.75) is 26.1 Å². The number of alkyl halides is 3. The summed E-state index contributed by atoms with van der Waals surface area (Å²) in [6.45, 7) is 2.74. The molecule has 0 spiro atoms. The first-order valence-corrected chi connectivity index (χ1v) is 9.74. The molecule has 0 bridgehead atoms. The van der Waals surface area contributed by atoms with E-state index in [9.17, 15) is 17.6 Å². The molecular formula is C25H20F4O2. The maximum Gasteiger partial charge on any atom is 0.573 e. The van der Waals surface area contributed by atoms with Gasteiger partial charge in [0, 0.05) is 16.7 Å². The fourth-order valence-electron chi connectivity index (χ4n) is 2.78. The maximum atomic E-state index is 14.6. The van der Waals surface area contributed by atoms with Gasteiger partial charge in [0.05, 0.1) is 6.61 Å². The summed E-state index contributed by atoms with van der Waals surface area (Å²) in [4.78, 5) is 0. The lowest BCUT2D eigenvalue weighted by molar-refractivity contribution is -0.274. The molecule has 160 valence electrons. The van der Waals surface area contributed by atoms with Gasteiger partial charge in [0.25, 0.3) is 0 Å². The van der Waals surface area contributed by atoms with E-state index in [1.54, 1.807) is 24.3 Å². The molecule has 3 aromatic carbocycles. The molecular weight excluding hydrogens is 408 g/mol. The molecule has 0 amide bonds. The zero-order valence-corrected chi connectivity index (χ0v) is 16.8. The number of halogens is 4. The Balaban J connectivity index is 1.69. The largest absolute Gasteiger partial charge is 0.573 e. The fraction of sp³-hybridized carbons (Fsp3) is 0.200. The van der Waals surface area contributed by atoms with Gasteiger partial charge in [-0.1, -0.05) is 43.4 Å². The molecule has 0 saturated carbocycles. The third kappa shape index (κ3) is 6.78. The van der Waals surface area contributed by atoms with Crippen LogP contribution in [0.25, 0.3) is 11.1 Å². The lowest BCUT2D eigenvalue weighted by Gasteiger charge is -2.08. The fourth-order valence-corrected chi connectivity index (χ4v) is 2.78. The van der Waals surface area contributed by atoms with Crippen molar-refractivity contribution in [3.05, 3.63) is 83.7 Å². The minimum absolute atomic E-state index is 0.324. The average molecular weight is 428 g/mol. The minimum atomic E-state index is -4.74. The van der Waals surface area contributed by atoms with E-state index in [0.717, 1.165) is 24.2 Å². The van der Waals surface area contributed by atoms with Crippen molar-refractivity contribution in [1.82, 2.24) is 0 Å². The summed E-state index contributed by atoms with van der Waals surface area (Å²) in [5.41, 5.74) is 2.11. The van der Waals surface area contributed by atoms with Gasteiger partial charge in [0.1, 0.15) is 17.3 Å². The number of hydrogen-bond acceptors (Lipinski definition) is 2. The molecule has 0 heterocycles. The van der Waals surface area contributed by atoms with Gasteiger partial charge in [-0.3, -0.25) is 0 Å². The molecule has 0 N–H and O–H groups in total. The van der Waals surface area contributed by atoms with E-state index in [1.807, 2.05) is 12.1 Å². The molecule has 0 atom stereocenters. The first-order valence-electron chi connectivity index (χ1n) is 9.74. The molecule has 6 heteroatoms. The van der Waals surface area contributed by atoms with E-state index in [1.165, 1.54) is 30.3 Å². The molecule has 0 aliphatic rings. The van der Waals surface area contributed by atoms with Crippen LogP contribution in [0.2, 0.25) is 0 Å². The Kier molecular flexibility index (Phi) is 7.19. The Morgan fingerprint density at radius 2 is 1.42 bits per heavy atom. The van der Waals surface area contributed by atoms with Crippen LogP contribution in [0.5, 0.6) is 11.5 Å². The molecule has 0 radical (unpaired) electrons. The summed E-state index contributed by atoms with van der Waals surface area (Å²) in [5.74, 6) is 5.61. The van der Waals surface area contributed by atoms with Crippen molar-refractivity contribution < 1.29 is 27.0 Å². The molecule has 3 aromatic rings. The van der Waals surface area contributed by atoms with E-state index in [4.69, 9.17) is 4.74 Å². The van der Waals surface area contributed by atoms with Crippen LogP contribution < -0.4 is 9.47 Å². The van der Waals surface area contributed by atoms with Gasteiger partial charge in [0.15, 0.2) is 0 Å². The van der Waals surface area contributed by atoms with Gasteiger partial charge in [-0.2, -0.15) is 0 Å². The quantitative estimate of drug-likeness (QED) is 0.240. The molecule has 2 nitrogen and oxygen atoms in total. The van der Waals surface area contributed by atoms with Gasteiger partial charge >= 0.3 is 6.36 Å².